The highest BCUT2D eigenvalue weighted by molar-refractivity contribution is 7.90. The Kier molecular flexibility index (Phi) is 6.82. The van der Waals surface area contributed by atoms with Crippen molar-refractivity contribution in [1.29, 1.82) is 0 Å². The summed E-state index contributed by atoms with van der Waals surface area (Å²) in [6, 6.07) is 7.52. The highest BCUT2D eigenvalue weighted by Gasteiger charge is 2.34. The Morgan fingerprint density at radius 3 is 2.64 bits per heavy atom. The van der Waals surface area contributed by atoms with Gasteiger partial charge in [-0.15, -0.1) is 0 Å². The SMILES string of the molecule is Cc1cc(N2CCOc3ccc(O[C@H]4CCN(C(=O)C5CCC(O)CC5)C4)cc32)cnc1S(C)(=O)=O. The van der Waals surface area contributed by atoms with Crippen molar-refractivity contribution in [3.05, 3.63) is 36.0 Å². The number of anilines is 2. The van der Waals surface area contributed by atoms with E-state index in [9.17, 15) is 18.3 Å². The number of aliphatic hydroxyl groups excluding tert-OH is 1. The zero-order chi connectivity index (χ0) is 25.4. The zero-order valence-electron chi connectivity index (χ0n) is 20.7. The van der Waals surface area contributed by atoms with Gasteiger partial charge in [0.1, 0.15) is 24.2 Å². The number of hydrogen-bond acceptors (Lipinski definition) is 8. The van der Waals surface area contributed by atoms with Crippen LogP contribution in [0.2, 0.25) is 0 Å². The first-order valence-electron chi connectivity index (χ1n) is 12.5. The summed E-state index contributed by atoms with van der Waals surface area (Å²) in [6.07, 6.45) is 6.06. The molecular weight excluding hydrogens is 482 g/mol. The smallest absolute Gasteiger partial charge is 0.225 e. The lowest BCUT2D eigenvalue weighted by molar-refractivity contribution is -0.136. The molecule has 1 amide bonds. The van der Waals surface area contributed by atoms with Crippen molar-refractivity contribution in [3.63, 3.8) is 0 Å². The number of aromatic nitrogens is 1. The number of likely N-dealkylation sites (tertiary alicyclic amines) is 1. The minimum atomic E-state index is -3.40. The Morgan fingerprint density at radius 2 is 1.92 bits per heavy atom. The molecule has 36 heavy (non-hydrogen) atoms. The molecule has 3 aliphatic rings. The molecule has 0 unspecified atom stereocenters. The van der Waals surface area contributed by atoms with Crippen molar-refractivity contribution in [2.45, 2.75) is 56.3 Å². The molecule has 3 heterocycles. The lowest BCUT2D eigenvalue weighted by Gasteiger charge is -2.32. The molecule has 1 saturated carbocycles. The molecule has 2 aliphatic heterocycles. The number of fused-ring (bicyclic) bond motifs is 1. The van der Waals surface area contributed by atoms with Gasteiger partial charge in [-0.1, -0.05) is 0 Å². The van der Waals surface area contributed by atoms with E-state index in [4.69, 9.17) is 9.47 Å². The Bertz CT molecular complexity index is 1240. The number of carbonyl (C=O) groups excluding carboxylic acids is 1. The first-order valence-corrected chi connectivity index (χ1v) is 14.4. The highest BCUT2D eigenvalue weighted by Crippen LogP contribution is 2.40. The number of hydrogen-bond donors (Lipinski definition) is 1. The third-order valence-electron chi connectivity index (χ3n) is 7.28. The van der Waals surface area contributed by atoms with E-state index in [1.54, 1.807) is 13.1 Å². The van der Waals surface area contributed by atoms with Crippen LogP contribution >= 0.6 is 0 Å². The molecule has 1 aliphatic carbocycles. The van der Waals surface area contributed by atoms with E-state index in [2.05, 4.69) is 9.88 Å². The molecule has 2 aromatic rings. The molecule has 10 heteroatoms. The maximum atomic E-state index is 12.9. The molecule has 1 aromatic carbocycles. The predicted molar refractivity (Wildman–Crippen MR) is 135 cm³/mol. The van der Waals surface area contributed by atoms with Crippen molar-refractivity contribution in [3.8, 4) is 11.5 Å². The van der Waals surface area contributed by atoms with Gasteiger partial charge in [-0.05, 0) is 56.4 Å². The molecule has 0 bridgehead atoms. The molecule has 1 N–H and O–H groups in total. The number of ether oxygens (including phenoxy) is 2. The van der Waals surface area contributed by atoms with Crippen LogP contribution in [0.5, 0.6) is 11.5 Å². The normalized spacial score (nSPS) is 24.2. The molecule has 5 rings (SSSR count). The third kappa shape index (κ3) is 5.15. The summed E-state index contributed by atoms with van der Waals surface area (Å²) < 4.78 is 36.1. The molecule has 0 radical (unpaired) electrons. The number of carbonyl (C=O) groups is 1. The number of aryl methyl sites for hydroxylation is 1. The average molecular weight is 516 g/mol. The monoisotopic (exact) mass is 515 g/mol. The maximum Gasteiger partial charge on any atom is 0.225 e. The summed E-state index contributed by atoms with van der Waals surface area (Å²) in [5.74, 6) is 1.61. The van der Waals surface area contributed by atoms with E-state index < -0.39 is 9.84 Å². The van der Waals surface area contributed by atoms with Gasteiger partial charge in [0.25, 0.3) is 0 Å². The van der Waals surface area contributed by atoms with Gasteiger partial charge >= 0.3 is 0 Å². The molecule has 9 nitrogen and oxygen atoms in total. The Balaban J connectivity index is 1.29. The zero-order valence-corrected chi connectivity index (χ0v) is 21.5. The van der Waals surface area contributed by atoms with Gasteiger partial charge in [-0.25, -0.2) is 13.4 Å². The quantitative estimate of drug-likeness (QED) is 0.648. The van der Waals surface area contributed by atoms with Crippen molar-refractivity contribution in [1.82, 2.24) is 9.88 Å². The lowest BCUT2D eigenvalue weighted by atomic mass is 9.86. The summed E-state index contributed by atoms with van der Waals surface area (Å²) in [6.45, 7) is 4.08. The van der Waals surface area contributed by atoms with Gasteiger partial charge < -0.3 is 24.4 Å². The highest BCUT2D eigenvalue weighted by atomic mass is 32.2. The fraction of sp³-hybridized carbons (Fsp3) is 0.538. The second-order valence-corrected chi connectivity index (χ2v) is 12.0. The van der Waals surface area contributed by atoms with Crippen LogP contribution in [0.3, 0.4) is 0 Å². The van der Waals surface area contributed by atoms with E-state index in [1.165, 1.54) is 0 Å². The van der Waals surface area contributed by atoms with Crippen LogP contribution in [0.1, 0.15) is 37.7 Å². The fourth-order valence-electron chi connectivity index (χ4n) is 5.42. The molecule has 1 aromatic heterocycles. The Hall–Kier alpha value is -2.85. The van der Waals surface area contributed by atoms with Crippen LogP contribution in [0.4, 0.5) is 11.4 Å². The topological polar surface area (TPSA) is 109 Å². The summed E-state index contributed by atoms with van der Waals surface area (Å²) in [5, 5.41) is 9.81. The number of amides is 1. The third-order valence-corrected chi connectivity index (χ3v) is 8.41. The van der Waals surface area contributed by atoms with E-state index in [0.29, 0.717) is 50.4 Å². The number of sulfone groups is 1. The van der Waals surface area contributed by atoms with Gasteiger partial charge in [0, 0.05) is 31.2 Å². The van der Waals surface area contributed by atoms with Crippen molar-refractivity contribution < 1.29 is 27.8 Å². The first-order chi connectivity index (χ1) is 17.2. The van der Waals surface area contributed by atoms with Gasteiger partial charge in [0.2, 0.25) is 5.91 Å². The maximum absolute atomic E-state index is 12.9. The number of rotatable bonds is 5. The summed E-state index contributed by atoms with van der Waals surface area (Å²) in [4.78, 5) is 21.1. The van der Waals surface area contributed by atoms with E-state index in [1.807, 2.05) is 29.2 Å². The molecular formula is C26H33N3O6S. The standard InChI is InChI=1S/C26H33N3O6S/c1-17-13-19(15-27-25(17)36(2,32)33)29-11-12-34-24-8-7-21(14-23(24)29)35-22-9-10-28(16-22)26(31)18-3-5-20(30)6-4-18/h7-8,13-15,18,20,22,30H,3-6,9-12,16H2,1-2H3/t18?,20?,22-/m0/s1. The van der Waals surface area contributed by atoms with E-state index in [0.717, 1.165) is 42.6 Å². The number of aliphatic hydroxyl groups is 1. The molecule has 1 atom stereocenters. The van der Waals surface area contributed by atoms with Crippen molar-refractivity contribution >= 4 is 27.1 Å². The van der Waals surface area contributed by atoms with Crippen LogP contribution in [0.25, 0.3) is 0 Å². The van der Waals surface area contributed by atoms with Gasteiger partial charge in [0.05, 0.1) is 36.8 Å². The number of benzene rings is 1. The second-order valence-electron chi connectivity index (χ2n) is 10.0. The minimum absolute atomic E-state index is 0.00718. The van der Waals surface area contributed by atoms with Crippen LogP contribution in [-0.4, -0.2) is 74.0 Å². The molecule has 194 valence electrons. The van der Waals surface area contributed by atoms with Gasteiger partial charge in [-0.3, -0.25) is 4.79 Å². The lowest BCUT2D eigenvalue weighted by Crippen LogP contribution is -2.37. The first kappa shape index (κ1) is 24.8. The van der Waals surface area contributed by atoms with Crippen LogP contribution in [0, 0.1) is 12.8 Å². The Morgan fingerprint density at radius 1 is 1.14 bits per heavy atom. The molecule has 2 fully saturated rings. The predicted octanol–water partition coefficient (Wildman–Crippen LogP) is 2.85. The summed E-state index contributed by atoms with van der Waals surface area (Å²) >= 11 is 0. The van der Waals surface area contributed by atoms with E-state index in [-0.39, 0.29) is 29.1 Å². The van der Waals surface area contributed by atoms with Crippen molar-refractivity contribution in [2.24, 2.45) is 5.92 Å². The average Bonchev–Trinajstić information content (AvgIpc) is 3.31. The van der Waals surface area contributed by atoms with Crippen LogP contribution < -0.4 is 14.4 Å². The number of pyridine rings is 1. The minimum Gasteiger partial charge on any atom is -0.490 e. The van der Waals surface area contributed by atoms with Crippen molar-refractivity contribution in [2.75, 3.05) is 37.4 Å². The van der Waals surface area contributed by atoms with Crippen LogP contribution in [0.15, 0.2) is 35.5 Å². The Labute approximate surface area is 211 Å². The van der Waals surface area contributed by atoms with Gasteiger partial charge in [-0.2, -0.15) is 0 Å². The number of nitrogens with zero attached hydrogens (tertiary/aromatic N) is 3. The largest absolute Gasteiger partial charge is 0.490 e. The van der Waals surface area contributed by atoms with E-state index >= 15 is 0 Å². The van der Waals surface area contributed by atoms with Crippen LogP contribution in [-0.2, 0) is 14.6 Å². The summed E-state index contributed by atoms with van der Waals surface area (Å²) in [7, 11) is -3.40. The molecule has 0 spiro atoms. The second kappa shape index (κ2) is 9.89. The summed E-state index contributed by atoms with van der Waals surface area (Å²) in [5.41, 5.74) is 2.22. The fourth-order valence-corrected chi connectivity index (χ4v) is 6.31. The molecule has 1 saturated heterocycles. The van der Waals surface area contributed by atoms with Gasteiger partial charge in [0.15, 0.2) is 14.9 Å².